The first-order chi connectivity index (χ1) is 12.5. The van der Waals surface area contributed by atoms with Gasteiger partial charge in [-0.15, -0.1) is 0 Å². The van der Waals surface area contributed by atoms with Gasteiger partial charge in [0.05, 0.1) is 19.3 Å². The fourth-order valence-corrected chi connectivity index (χ4v) is 3.63. The van der Waals surface area contributed by atoms with Gasteiger partial charge in [0.1, 0.15) is 0 Å². The van der Waals surface area contributed by atoms with Crippen molar-refractivity contribution in [1.82, 2.24) is 4.90 Å². The number of hydrogen-bond acceptors (Lipinski definition) is 3. The van der Waals surface area contributed by atoms with E-state index in [0.717, 1.165) is 19.3 Å². The van der Waals surface area contributed by atoms with Crippen LogP contribution in [0, 0.1) is 0 Å². The minimum atomic E-state index is 0.00102. The van der Waals surface area contributed by atoms with E-state index in [-0.39, 0.29) is 18.1 Å². The first-order valence-electron chi connectivity index (χ1n) is 9.21. The molecule has 0 fully saturated rings. The lowest BCUT2D eigenvalue weighted by Gasteiger charge is -2.33. The van der Waals surface area contributed by atoms with Crippen LogP contribution in [0.5, 0.6) is 11.5 Å². The number of rotatable bonds is 5. The smallest absolute Gasteiger partial charge is 0.254 e. The molecule has 0 spiro atoms. The molecule has 1 unspecified atom stereocenters. The molecule has 0 saturated heterocycles. The molecule has 2 aromatic carbocycles. The first kappa shape index (κ1) is 18.3. The van der Waals surface area contributed by atoms with Crippen LogP contribution in [0.3, 0.4) is 0 Å². The van der Waals surface area contributed by atoms with Crippen LogP contribution in [-0.2, 0) is 6.42 Å². The van der Waals surface area contributed by atoms with Gasteiger partial charge in [-0.3, -0.25) is 4.79 Å². The van der Waals surface area contributed by atoms with Crippen LogP contribution in [0.2, 0.25) is 0 Å². The van der Waals surface area contributed by atoms with Gasteiger partial charge in [-0.2, -0.15) is 0 Å². The lowest BCUT2D eigenvalue weighted by atomic mass is 9.87. The average molecular weight is 353 g/mol. The van der Waals surface area contributed by atoms with Crippen molar-refractivity contribution in [2.45, 2.75) is 45.3 Å². The largest absolute Gasteiger partial charge is 0.493 e. The van der Waals surface area contributed by atoms with E-state index >= 15 is 0 Å². The Bertz CT molecular complexity index is 785. The quantitative estimate of drug-likeness (QED) is 0.786. The number of hydrogen-bond donors (Lipinski definition) is 0. The van der Waals surface area contributed by atoms with Crippen molar-refractivity contribution in [3.8, 4) is 11.5 Å². The third-order valence-electron chi connectivity index (χ3n) is 4.90. The minimum absolute atomic E-state index is 0.00102. The monoisotopic (exact) mass is 353 g/mol. The standard InChI is InChI=1S/C22H27NO3/c1-15(2)26-20-13-12-17(14-21(20)25-4)22(24)23(3)19-11-7-9-16-8-5-6-10-18(16)19/h5-6,8,10,12-15,19H,7,9,11H2,1-4H3. The number of benzene rings is 2. The molecule has 1 aliphatic carbocycles. The third-order valence-corrected chi connectivity index (χ3v) is 4.90. The maximum absolute atomic E-state index is 13.1. The zero-order valence-corrected chi connectivity index (χ0v) is 16.0. The van der Waals surface area contributed by atoms with E-state index in [1.807, 2.05) is 37.9 Å². The number of methoxy groups -OCH3 is 1. The maximum atomic E-state index is 13.1. The van der Waals surface area contributed by atoms with E-state index in [1.165, 1.54) is 11.1 Å². The number of nitrogens with zero attached hydrogens (tertiary/aromatic N) is 1. The summed E-state index contributed by atoms with van der Waals surface area (Å²) in [7, 11) is 3.48. The summed E-state index contributed by atoms with van der Waals surface area (Å²) in [5, 5.41) is 0. The summed E-state index contributed by atoms with van der Waals surface area (Å²) in [6, 6.07) is 13.9. The highest BCUT2D eigenvalue weighted by Crippen LogP contribution is 2.35. The molecule has 2 aromatic rings. The first-order valence-corrected chi connectivity index (χ1v) is 9.21. The summed E-state index contributed by atoms with van der Waals surface area (Å²) >= 11 is 0. The molecular formula is C22H27NO3. The van der Waals surface area contributed by atoms with Crippen LogP contribution >= 0.6 is 0 Å². The summed E-state index contributed by atoms with van der Waals surface area (Å²) in [5.41, 5.74) is 3.23. The number of carbonyl (C=O) groups excluding carboxylic acids is 1. The van der Waals surface area contributed by atoms with E-state index in [0.29, 0.717) is 17.1 Å². The Morgan fingerprint density at radius 1 is 1.15 bits per heavy atom. The predicted octanol–water partition coefficient (Wildman–Crippen LogP) is 4.63. The zero-order chi connectivity index (χ0) is 18.7. The van der Waals surface area contributed by atoms with Gasteiger partial charge in [0.25, 0.3) is 5.91 Å². The molecule has 4 heteroatoms. The van der Waals surface area contributed by atoms with Gasteiger partial charge < -0.3 is 14.4 Å². The van der Waals surface area contributed by atoms with Crippen molar-refractivity contribution in [2.24, 2.45) is 0 Å². The Kier molecular flexibility index (Phi) is 5.50. The van der Waals surface area contributed by atoms with Gasteiger partial charge in [-0.1, -0.05) is 24.3 Å². The van der Waals surface area contributed by atoms with E-state index in [2.05, 4.69) is 24.3 Å². The predicted molar refractivity (Wildman–Crippen MR) is 103 cm³/mol. The van der Waals surface area contributed by atoms with E-state index in [1.54, 1.807) is 13.2 Å². The molecule has 0 N–H and O–H groups in total. The molecule has 0 saturated carbocycles. The van der Waals surface area contributed by atoms with Crippen LogP contribution in [0.1, 0.15) is 54.2 Å². The summed E-state index contributed by atoms with van der Waals surface area (Å²) in [6.45, 7) is 3.93. The molecule has 4 nitrogen and oxygen atoms in total. The molecule has 1 amide bonds. The topological polar surface area (TPSA) is 38.8 Å². The van der Waals surface area contributed by atoms with Gasteiger partial charge in [0, 0.05) is 12.6 Å². The molecule has 0 aromatic heterocycles. The van der Waals surface area contributed by atoms with Crippen LogP contribution in [0.25, 0.3) is 0 Å². The molecule has 26 heavy (non-hydrogen) atoms. The van der Waals surface area contributed by atoms with Gasteiger partial charge in [0.2, 0.25) is 0 Å². The highest BCUT2D eigenvalue weighted by atomic mass is 16.5. The van der Waals surface area contributed by atoms with Crippen molar-refractivity contribution >= 4 is 5.91 Å². The fraction of sp³-hybridized carbons (Fsp3) is 0.409. The second kappa shape index (κ2) is 7.81. The fourth-order valence-electron chi connectivity index (χ4n) is 3.63. The molecule has 1 aliphatic rings. The van der Waals surface area contributed by atoms with Crippen LogP contribution in [0.15, 0.2) is 42.5 Å². The molecule has 0 aliphatic heterocycles. The Morgan fingerprint density at radius 2 is 1.92 bits per heavy atom. The van der Waals surface area contributed by atoms with Crippen molar-refractivity contribution in [3.63, 3.8) is 0 Å². The average Bonchev–Trinajstić information content (AvgIpc) is 2.66. The Morgan fingerprint density at radius 3 is 2.65 bits per heavy atom. The van der Waals surface area contributed by atoms with Gasteiger partial charge >= 0.3 is 0 Å². The Labute approximate surface area is 155 Å². The van der Waals surface area contributed by atoms with Crippen molar-refractivity contribution < 1.29 is 14.3 Å². The number of fused-ring (bicyclic) bond motifs is 1. The molecule has 0 radical (unpaired) electrons. The molecule has 0 heterocycles. The lowest BCUT2D eigenvalue weighted by molar-refractivity contribution is 0.0714. The summed E-state index contributed by atoms with van der Waals surface area (Å²) in [4.78, 5) is 14.9. The van der Waals surface area contributed by atoms with Crippen molar-refractivity contribution in [2.75, 3.05) is 14.2 Å². The second-order valence-corrected chi connectivity index (χ2v) is 7.06. The van der Waals surface area contributed by atoms with Gasteiger partial charge in [0.15, 0.2) is 11.5 Å². The summed E-state index contributed by atoms with van der Waals surface area (Å²) in [6.07, 6.45) is 3.23. The SMILES string of the molecule is COc1cc(C(=O)N(C)C2CCCc3ccccc32)ccc1OC(C)C. The summed E-state index contributed by atoms with van der Waals surface area (Å²) < 4.78 is 11.2. The van der Waals surface area contributed by atoms with Gasteiger partial charge in [-0.05, 0) is 62.4 Å². The lowest BCUT2D eigenvalue weighted by Crippen LogP contribution is -2.33. The maximum Gasteiger partial charge on any atom is 0.254 e. The van der Waals surface area contributed by atoms with Crippen LogP contribution in [-0.4, -0.2) is 31.1 Å². The number of carbonyl (C=O) groups is 1. The van der Waals surface area contributed by atoms with E-state index < -0.39 is 0 Å². The molecule has 3 rings (SSSR count). The van der Waals surface area contributed by atoms with Crippen LogP contribution < -0.4 is 9.47 Å². The third kappa shape index (κ3) is 3.69. The number of aryl methyl sites for hydroxylation is 1. The number of amides is 1. The highest BCUT2D eigenvalue weighted by Gasteiger charge is 2.27. The molecule has 138 valence electrons. The molecule has 0 bridgehead atoms. The minimum Gasteiger partial charge on any atom is -0.493 e. The Balaban J connectivity index is 1.85. The second-order valence-electron chi connectivity index (χ2n) is 7.06. The van der Waals surface area contributed by atoms with E-state index in [4.69, 9.17) is 9.47 Å². The molecular weight excluding hydrogens is 326 g/mol. The van der Waals surface area contributed by atoms with Crippen LogP contribution in [0.4, 0.5) is 0 Å². The summed E-state index contributed by atoms with van der Waals surface area (Å²) in [5.74, 6) is 1.24. The highest BCUT2D eigenvalue weighted by molar-refractivity contribution is 5.95. The normalized spacial score (nSPS) is 16.1. The van der Waals surface area contributed by atoms with Crippen molar-refractivity contribution in [1.29, 1.82) is 0 Å². The Hall–Kier alpha value is -2.49. The number of ether oxygens (including phenoxy) is 2. The zero-order valence-electron chi connectivity index (χ0n) is 16.0. The van der Waals surface area contributed by atoms with Gasteiger partial charge in [-0.25, -0.2) is 0 Å². The van der Waals surface area contributed by atoms with E-state index in [9.17, 15) is 4.79 Å². The van der Waals surface area contributed by atoms with Crippen molar-refractivity contribution in [3.05, 3.63) is 59.2 Å². The molecule has 1 atom stereocenters.